The minimum Gasteiger partial charge on any atom is -0.442 e. The summed E-state index contributed by atoms with van der Waals surface area (Å²) in [6.45, 7) is 2.32. The van der Waals surface area contributed by atoms with Crippen LogP contribution in [0.5, 0.6) is 0 Å². The zero-order valence-corrected chi connectivity index (χ0v) is 17.2. The van der Waals surface area contributed by atoms with Gasteiger partial charge in [-0.1, -0.05) is 12.2 Å². The van der Waals surface area contributed by atoms with Crippen molar-refractivity contribution in [1.29, 1.82) is 0 Å². The monoisotopic (exact) mass is 449 g/mol. The number of nitrogens with one attached hydrogen (secondary N) is 1. The Balaban J connectivity index is 1.73. The van der Waals surface area contributed by atoms with Crippen molar-refractivity contribution in [1.82, 2.24) is 9.62 Å². The molecule has 2 saturated heterocycles. The number of anilines is 2. The molecule has 13 heteroatoms. The van der Waals surface area contributed by atoms with Crippen molar-refractivity contribution in [2.45, 2.75) is 13.0 Å². The Labute approximate surface area is 172 Å². The van der Waals surface area contributed by atoms with Crippen molar-refractivity contribution >= 4 is 44.9 Å². The van der Waals surface area contributed by atoms with E-state index in [2.05, 4.69) is 5.32 Å². The first-order valence-electron chi connectivity index (χ1n) is 8.80. The summed E-state index contributed by atoms with van der Waals surface area (Å²) in [7, 11) is -3.84. The highest BCUT2D eigenvalue weighted by atomic mass is 32.2. The molecule has 2 fully saturated rings. The van der Waals surface area contributed by atoms with Gasteiger partial charge in [-0.25, -0.2) is 18.7 Å². The molecule has 0 unspecified atom stereocenters. The highest BCUT2D eigenvalue weighted by Gasteiger charge is 2.34. The number of rotatable bonds is 5. The number of thiocarbonyl (C=S) groups is 1. The smallest absolute Gasteiger partial charge is 0.414 e. The SMILES string of the molecule is CC(=S)NC[C@H]1CN(c2cc(F)c(N3CCN(S(N)(=O)=O)CC3)c(F)c2)C(=O)O1. The van der Waals surface area contributed by atoms with E-state index in [1.54, 1.807) is 6.92 Å². The van der Waals surface area contributed by atoms with Crippen LogP contribution in [0.2, 0.25) is 0 Å². The fourth-order valence-corrected chi connectivity index (χ4v) is 4.03. The molecule has 0 spiro atoms. The second-order valence-electron chi connectivity index (χ2n) is 6.74. The zero-order chi connectivity index (χ0) is 21.3. The third-order valence-corrected chi connectivity index (χ3v) is 5.91. The van der Waals surface area contributed by atoms with Gasteiger partial charge < -0.3 is 15.0 Å². The van der Waals surface area contributed by atoms with Crippen molar-refractivity contribution in [3.63, 3.8) is 0 Å². The highest BCUT2D eigenvalue weighted by molar-refractivity contribution is 7.86. The van der Waals surface area contributed by atoms with Gasteiger partial charge in [-0.3, -0.25) is 4.90 Å². The van der Waals surface area contributed by atoms with Gasteiger partial charge in [0.2, 0.25) is 0 Å². The van der Waals surface area contributed by atoms with Crippen LogP contribution in [0.4, 0.5) is 25.0 Å². The van der Waals surface area contributed by atoms with Crippen LogP contribution in [0, 0.1) is 11.6 Å². The van der Waals surface area contributed by atoms with Crippen LogP contribution in [0.3, 0.4) is 0 Å². The number of carbonyl (C=O) groups excluding carboxylic acids is 1. The molecular formula is C16H21F2N5O4S2. The summed E-state index contributed by atoms with van der Waals surface area (Å²) in [6, 6.07) is 2.12. The number of hydrogen-bond donors (Lipinski definition) is 2. The van der Waals surface area contributed by atoms with E-state index in [0.29, 0.717) is 11.5 Å². The van der Waals surface area contributed by atoms with Gasteiger partial charge in [-0.15, -0.1) is 0 Å². The molecule has 3 rings (SSSR count). The van der Waals surface area contributed by atoms with E-state index in [-0.39, 0.29) is 44.1 Å². The van der Waals surface area contributed by atoms with E-state index < -0.39 is 34.0 Å². The first kappa shape index (κ1) is 21.6. The average molecular weight is 450 g/mol. The first-order chi connectivity index (χ1) is 13.6. The lowest BCUT2D eigenvalue weighted by atomic mass is 10.2. The van der Waals surface area contributed by atoms with E-state index in [4.69, 9.17) is 22.1 Å². The van der Waals surface area contributed by atoms with Gasteiger partial charge >= 0.3 is 6.09 Å². The molecule has 160 valence electrons. The normalized spacial score (nSPS) is 20.7. The van der Waals surface area contributed by atoms with Crippen molar-refractivity contribution in [3.05, 3.63) is 23.8 Å². The van der Waals surface area contributed by atoms with E-state index in [9.17, 15) is 22.0 Å². The maximum Gasteiger partial charge on any atom is 0.414 e. The van der Waals surface area contributed by atoms with E-state index >= 15 is 0 Å². The van der Waals surface area contributed by atoms with Crippen LogP contribution < -0.4 is 20.3 Å². The molecule has 0 aromatic heterocycles. The number of carbonyl (C=O) groups is 1. The molecule has 1 amide bonds. The van der Waals surface area contributed by atoms with E-state index in [1.165, 1.54) is 4.90 Å². The molecule has 1 aromatic rings. The third kappa shape index (κ3) is 4.91. The largest absolute Gasteiger partial charge is 0.442 e. The molecule has 3 N–H and O–H groups in total. The number of halogens is 2. The molecule has 1 atom stereocenters. The van der Waals surface area contributed by atoms with Gasteiger partial charge in [-0.2, -0.15) is 12.7 Å². The quantitative estimate of drug-likeness (QED) is 0.632. The average Bonchev–Trinajstić information content (AvgIpc) is 3.00. The van der Waals surface area contributed by atoms with Gasteiger partial charge in [0.05, 0.1) is 23.8 Å². The molecule has 2 aliphatic rings. The number of cyclic esters (lactones) is 1. The standard InChI is InChI=1S/C16H21F2N5O4S2/c1-10(28)20-8-12-9-23(16(24)27-12)11-6-13(17)15(14(18)7-11)21-2-4-22(5-3-21)29(19,25)26/h6-7,12H,2-5,8-9H2,1H3,(H,20,28)(H2,19,25,26)/t12-/m0/s1. The summed E-state index contributed by atoms with van der Waals surface area (Å²) >= 11 is 4.91. The topological polar surface area (TPSA) is 108 Å². The molecule has 1 aromatic carbocycles. The van der Waals surface area contributed by atoms with Gasteiger partial charge in [0.1, 0.15) is 11.8 Å². The summed E-state index contributed by atoms with van der Waals surface area (Å²) in [5, 5.41) is 7.96. The molecule has 2 heterocycles. The maximum absolute atomic E-state index is 14.7. The lowest BCUT2D eigenvalue weighted by Crippen LogP contribution is -2.51. The summed E-state index contributed by atoms with van der Waals surface area (Å²) in [6.07, 6.45) is -1.20. The lowest BCUT2D eigenvalue weighted by molar-refractivity contribution is 0.143. The number of piperazine rings is 1. The Morgan fingerprint density at radius 3 is 2.38 bits per heavy atom. The Bertz CT molecular complexity index is 899. The van der Waals surface area contributed by atoms with Crippen molar-refractivity contribution < 1.29 is 26.7 Å². The van der Waals surface area contributed by atoms with E-state index in [1.807, 2.05) is 0 Å². The molecule has 0 bridgehead atoms. The van der Waals surface area contributed by atoms with Crippen molar-refractivity contribution in [2.75, 3.05) is 49.1 Å². The summed E-state index contributed by atoms with van der Waals surface area (Å²) < 4.78 is 58.4. The van der Waals surface area contributed by atoms with Crippen LogP contribution in [-0.2, 0) is 14.9 Å². The van der Waals surface area contributed by atoms with Crippen LogP contribution in [0.25, 0.3) is 0 Å². The predicted octanol–water partition coefficient (Wildman–Crippen LogP) is 0.552. The van der Waals surface area contributed by atoms with Crippen LogP contribution in [0.15, 0.2) is 12.1 Å². The van der Waals surface area contributed by atoms with Gasteiger partial charge in [0.15, 0.2) is 11.6 Å². The lowest BCUT2D eigenvalue weighted by Gasteiger charge is -2.34. The van der Waals surface area contributed by atoms with E-state index in [0.717, 1.165) is 21.3 Å². The number of ether oxygens (including phenoxy) is 1. The van der Waals surface area contributed by atoms with Crippen molar-refractivity contribution in [3.8, 4) is 0 Å². The number of hydrogen-bond acceptors (Lipinski definition) is 6. The predicted molar refractivity (Wildman–Crippen MR) is 107 cm³/mol. The van der Waals surface area contributed by atoms with Crippen LogP contribution in [0.1, 0.15) is 6.92 Å². The zero-order valence-electron chi connectivity index (χ0n) is 15.6. The molecule has 29 heavy (non-hydrogen) atoms. The second-order valence-corrected chi connectivity index (χ2v) is 8.90. The van der Waals surface area contributed by atoms with Gasteiger partial charge in [0, 0.05) is 38.3 Å². The molecular weight excluding hydrogens is 428 g/mol. The highest BCUT2D eigenvalue weighted by Crippen LogP contribution is 2.31. The summed E-state index contributed by atoms with van der Waals surface area (Å²) in [5.41, 5.74) is -0.233. The Hall–Kier alpha value is -2.09. The molecule has 0 saturated carbocycles. The maximum atomic E-state index is 14.7. The summed E-state index contributed by atoms with van der Waals surface area (Å²) in [4.78, 5) is 15.2. The Kier molecular flexibility index (Phi) is 6.22. The van der Waals surface area contributed by atoms with Gasteiger partial charge in [0.25, 0.3) is 10.2 Å². The fourth-order valence-electron chi connectivity index (χ4n) is 3.27. The summed E-state index contributed by atoms with van der Waals surface area (Å²) in [5.74, 6) is -1.71. The molecule has 0 radical (unpaired) electrons. The number of amides is 1. The minimum atomic E-state index is -3.84. The molecule has 0 aliphatic carbocycles. The number of nitrogens with zero attached hydrogens (tertiary/aromatic N) is 3. The van der Waals surface area contributed by atoms with Crippen molar-refractivity contribution in [2.24, 2.45) is 5.14 Å². The van der Waals surface area contributed by atoms with Crippen LogP contribution >= 0.6 is 12.2 Å². The first-order valence-corrected chi connectivity index (χ1v) is 10.7. The van der Waals surface area contributed by atoms with Gasteiger partial charge in [-0.05, 0) is 6.92 Å². The third-order valence-electron chi connectivity index (χ3n) is 4.68. The van der Waals surface area contributed by atoms with Crippen LogP contribution in [-0.4, -0.2) is 69.2 Å². The number of nitrogens with two attached hydrogens (primary N) is 1. The minimum absolute atomic E-state index is 0.0197. The Morgan fingerprint density at radius 1 is 1.28 bits per heavy atom. The Morgan fingerprint density at radius 2 is 1.86 bits per heavy atom. The number of benzene rings is 1. The second kappa shape index (κ2) is 8.34. The molecule has 9 nitrogen and oxygen atoms in total. The fraction of sp³-hybridized carbons (Fsp3) is 0.500. The molecule has 2 aliphatic heterocycles.